The van der Waals surface area contributed by atoms with E-state index in [0.717, 1.165) is 0 Å². The zero-order valence-electron chi connectivity index (χ0n) is 23.5. The third-order valence-electron chi connectivity index (χ3n) is 5.33. The number of amidine groups is 1. The first-order valence-corrected chi connectivity index (χ1v) is 12.4. The molecule has 13 nitrogen and oxygen atoms in total. The van der Waals surface area contributed by atoms with Crippen LogP contribution in [0.4, 0.5) is 15.3 Å². The van der Waals surface area contributed by atoms with Gasteiger partial charge in [-0.2, -0.15) is 5.48 Å². The van der Waals surface area contributed by atoms with E-state index in [4.69, 9.17) is 15.0 Å². The fourth-order valence-corrected chi connectivity index (χ4v) is 3.31. The normalized spacial score (nSPS) is 14.4. The van der Waals surface area contributed by atoms with Crippen molar-refractivity contribution in [2.75, 3.05) is 51.8 Å². The highest BCUT2D eigenvalue weighted by Crippen LogP contribution is 2.22. The van der Waals surface area contributed by atoms with Crippen molar-refractivity contribution in [3.8, 4) is 0 Å². The van der Waals surface area contributed by atoms with E-state index in [1.54, 1.807) is 29.2 Å². The lowest BCUT2D eigenvalue weighted by Crippen LogP contribution is -2.46. The predicted octanol–water partition coefficient (Wildman–Crippen LogP) is 2.03. The van der Waals surface area contributed by atoms with Crippen molar-refractivity contribution < 1.29 is 28.8 Å². The third-order valence-corrected chi connectivity index (χ3v) is 5.33. The molecule has 0 saturated carbocycles. The minimum Gasteiger partial charge on any atom is -0.465 e. The van der Waals surface area contributed by atoms with Crippen LogP contribution in [0.2, 0.25) is 0 Å². The molecule has 1 saturated heterocycles. The first-order valence-electron chi connectivity index (χ1n) is 12.4. The van der Waals surface area contributed by atoms with Crippen LogP contribution in [0.1, 0.15) is 39.2 Å². The van der Waals surface area contributed by atoms with Crippen molar-refractivity contribution in [3.63, 3.8) is 0 Å². The molecular weight excluding hydrogens is 565 g/mol. The van der Waals surface area contributed by atoms with Crippen LogP contribution < -0.4 is 26.3 Å². The molecule has 0 unspecified atom stereocenters. The van der Waals surface area contributed by atoms with Crippen LogP contribution in [0.3, 0.4) is 0 Å². The Balaban J connectivity index is 0.00000760. The molecule has 1 aliphatic rings. The molecule has 1 heterocycles. The van der Waals surface area contributed by atoms with Crippen LogP contribution in [-0.2, 0) is 19.2 Å². The summed E-state index contributed by atoms with van der Waals surface area (Å²) >= 11 is 0. The summed E-state index contributed by atoms with van der Waals surface area (Å²) in [6.07, 6.45) is -0.231. The number of nitrogens with zero attached hydrogens (tertiary/aromatic N) is 2. The lowest BCUT2D eigenvalue weighted by molar-refractivity contribution is -0.146. The van der Waals surface area contributed by atoms with Gasteiger partial charge in [-0.05, 0) is 50.2 Å². The quantitative estimate of drug-likeness (QED) is 0.117. The zero-order valence-corrected chi connectivity index (χ0v) is 25.1. The number of ether oxygens (including phenoxy) is 1. The Labute approximate surface area is 247 Å². The monoisotopic (exact) mass is 605 g/mol. The summed E-state index contributed by atoms with van der Waals surface area (Å²) in [4.78, 5) is 56.7. The molecule has 0 radical (unpaired) electrons. The van der Waals surface area contributed by atoms with Gasteiger partial charge in [0, 0.05) is 37.4 Å². The predicted molar refractivity (Wildman–Crippen MR) is 156 cm³/mol. The van der Waals surface area contributed by atoms with Gasteiger partial charge in [-0.15, -0.1) is 24.8 Å². The van der Waals surface area contributed by atoms with Crippen LogP contribution in [0, 0.1) is 10.8 Å². The topological polar surface area (TPSA) is 165 Å². The molecule has 1 atom stereocenters. The summed E-state index contributed by atoms with van der Waals surface area (Å²) in [6, 6.07) is 5.37. The molecule has 0 bridgehead atoms. The lowest BCUT2D eigenvalue weighted by Gasteiger charge is -2.18. The third kappa shape index (κ3) is 13.2. The number of esters is 1. The molecule has 40 heavy (non-hydrogen) atoms. The van der Waals surface area contributed by atoms with Crippen LogP contribution in [-0.4, -0.2) is 87.7 Å². The number of carbonyl (C=O) groups excluding carboxylic acids is 4. The molecule has 1 aliphatic heterocycles. The average Bonchev–Trinajstić information content (AvgIpc) is 3.20. The fraction of sp³-hybridized carbons (Fsp3) is 0.560. The second-order valence-electron chi connectivity index (χ2n) is 10.3. The molecule has 226 valence electrons. The van der Waals surface area contributed by atoms with E-state index in [1.165, 1.54) is 0 Å². The largest absolute Gasteiger partial charge is 0.465 e. The molecule has 15 heteroatoms. The summed E-state index contributed by atoms with van der Waals surface area (Å²) in [5.41, 5.74) is 3.23. The maximum atomic E-state index is 12.8. The summed E-state index contributed by atoms with van der Waals surface area (Å²) in [5.74, 6) is -0.779. The Morgan fingerprint density at radius 2 is 1.73 bits per heavy atom. The number of halogens is 2. The summed E-state index contributed by atoms with van der Waals surface area (Å²) in [7, 11) is 3.76. The molecule has 1 aromatic carbocycles. The number of hydrogen-bond acceptors (Lipinski definition) is 8. The van der Waals surface area contributed by atoms with Crippen molar-refractivity contribution in [1.82, 2.24) is 26.3 Å². The molecular formula is C25H41Cl2N7O6. The first-order chi connectivity index (χ1) is 17.9. The van der Waals surface area contributed by atoms with Gasteiger partial charge in [0.2, 0.25) is 5.91 Å². The standard InChI is InChI=1S/C25H39N7O6.2ClH/c1-25(2,3)16-37-20(33)10-12-27-23(35)29-19-11-14-32(22(19)34)18-8-6-17(7-9-18)21(26)30-38-24(36)28-13-15-31(4)5;;/h6-9,19H,10-16H2,1-5H3,(H2,26,30)(H,28,36)(H2,27,29,35);2*1H/t19-;;/m0../s1. The maximum absolute atomic E-state index is 12.8. The van der Waals surface area contributed by atoms with Gasteiger partial charge < -0.3 is 35.3 Å². The molecule has 1 fully saturated rings. The molecule has 0 spiro atoms. The van der Waals surface area contributed by atoms with Gasteiger partial charge in [0.15, 0.2) is 5.84 Å². The van der Waals surface area contributed by atoms with Gasteiger partial charge in [0.05, 0.1) is 13.0 Å². The second-order valence-corrected chi connectivity index (χ2v) is 10.3. The minimum atomic E-state index is -0.695. The molecule has 5 N–H and O–H groups in total. The van der Waals surface area contributed by atoms with E-state index in [0.29, 0.717) is 43.9 Å². The lowest BCUT2D eigenvalue weighted by atomic mass is 9.99. The number of benzene rings is 1. The van der Waals surface area contributed by atoms with Crippen LogP contribution >= 0.6 is 24.8 Å². The number of rotatable bonds is 10. The number of hydrogen-bond donors (Lipinski definition) is 5. The van der Waals surface area contributed by atoms with Crippen molar-refractivity contribution in [1.29, 1.82) is 5.41 Å². The van der Waals surface area contributed by atoms with Crippen LogP contribution in [0.25, 0.3) is 0 Å². The van der Waals surface area contributed by atoms with E-state index < -0.39 is 24.1 Å². The van der Waals surface area contributed by atoms with Crippen molar-refractivity contribution in [2.45, 2.75) is 39.7 Å². The number of carbonyl (C=O) groups is 4. The summed E-state index contributed by atoms with van der Waals surface area (Å²) in [5, 5.41) is 15.8. The average molecular weight is 607 g/mol. The van der Waals surface area contributed by atoms with Gasteiger partial charge in [-0.3, -0.25) is 15.0 Å². The highest BCUT2D eigenvalue weighted by molar-refractivity contribution is 6.02. The highest BCUT2D eigenvalue weighted by Gasteiger charge is 2.33. The van der Waals surface area contributed by atoms with E-state index >= 15 is 0 Å². The van der Waals surface area contributed by atoms with E-state index in [2.05, 4.69) is 21.4 Å². The van der Waals surface area contributed by atoms with Gasteiger partial charge >= 0.3 is 18.1 Å². The second kappa shape index (κ2) is 17.4. The number of nitrogens with one attached hydrogen (secondary N) is 5. The number of amides is 4. The first kappa shape index (κ1) is 36.7. The number of hydroxylamine groups is 1. The zero-order chi connectivity index (χ0) is 28.3. The number of likely N-dealkylation sites (N-methyl/N-ethyl adjacent to an activating group) is 1. The van der Waals surface area contributed by atoms with E-state index in [1.807, 2.05) is 39.8 Å². The Kier molecular flexibility index (Phi) is 16.0. The Bertz CT molecular complexity index is 1000. The molecule has 2 rings (SSSR count). The van der Waals surface area contributed by atoms with Gasteiger partial charge in [-0.1, -0.05) is 20.8 Å². The summed E-state index contributed by atoms with van der Waals surface area (Å²) in [6.45, 7) is 7.73. The summed E-state index contributed by atoms with van der Waals surface area (Å²) < 4.78 is 5.16. The van der Waals surface area contributed by atoms with E-state index in [9.17, 15) is 19.2 Å². The minimum absolute atomic E-state index is 0. The molecule has 0 aliphatic carbocycles. The van der Waals surface area contributed by atoms with Crippen molar-refractivity contribution in [2.24, 2.45) is 5.41 Å². The maximum Gasteiger partial charge on any atom is 0.431 e. The van der Waals surface area contributed by atoms with Crippen molar-refractivity contribution in [3.05, 3.63) is 29.8 Å². The van der Waals surface area contributed by atoms with Gasteiger partial charge in [0.1, 0.15) is 6.04 Å². The Hall–Kier alpha value is -3.29. The van der Waals surface area contributed by atoms with E-state index in [-0.39, 0.29) is 54.9 Å². The van der Waals surface area contributed by atoms with Crippen molar-refractivity contribution >= 4 is 60.3 Å². The number of urea groups is 1. The molecule has 1 aromatic rings. The van der Waals surface area contributed by atoms with Crippen LogP contribution in [0.5, 0.6) is 0 Å². The molecule has 4 amide bonds. The SMILES string of the molecule is CN(C)CCNC(=O)ONC(=N)c1ccc(N2CC[C@H](NC(=O)NCCC(=O)OCC(C)(C)C)C2=O)cc1.Cl.Cl. The van der Waals surface area contributed by atoms with Gasteiger partial charge in [-0.25, -0.2) is 9.59 Å². The Morgan fingerprint density at radius 3 is 2.33 bits per heavy atom. The molecule has 0 aromatic heterocycles. The van der Waals surface area contributed by atoms with Crippen LogP contribution in [0.15, 0.2) is 24.3 Å². The Morgan fingerprint density at radius 1 is 1.07 bits per heavy atom. The number of anilines is 1. The fourth-order valence-electron chi connectivity index (χ4n) is 3.31. The highest BCUT2D eigenvalue weighted by atomic mass is 35.5. The smallest absolute Gasteiger partial charge is 0.431 e. The van der Waals surface area contributed by atoms with Gasteiger partial charge in [0.25, 0.3) is 0 Å².